The molecule has 0 radical (unpaired) electrons. The summed E-state index contributed by atoms with van der Waals surface area (Å²) in [5.41, 5.74) is 8.06. The number of primary amides is 1. The number of carbonyl (C=O) groups is 2. The minimum atomic E-state index is -0.221. The molecule has 0 bridgehead atoms. The molecule has 1 aliphatic heterocycles. The van der Waals surface area contributed by atoms with Gasteiger partial charge in [-0.05, 0) is 44.4 Å². The Labute approximate surface area is 143 Å². The lowest BCUT2D eigenvalue weighted by Crippen LogP contribution is -2.40. The average Bonchev–Trinajstić information content (AvgIpc) is 2.57. The van der Waals surface area contributed by atoms with E-state index in [1.54, 1.807) is 0 Å². The average molecular weight is 329 g/mol. The van der Waals surface area contributed by atoms with Crippen LogP contribution in [0.25, 0.3) is 0 Å². The number of amides is 2. The topological polar surface area (TPSA) is 75.4 Å². The standard InChI is InChI=1S/C19H27N3O2/c1-3-7-14(2)19(24)21-17-10-5-4-8-15(17)12-22-11-6-9-16(13-22)18(20)23/h4-5,7-8,10,16H,3,6,9,11-13H2,1-2H3,(H2,20,23)(H,21,24)/b14-7+/t16-/m1/s1. The van der Waals surface area contributed by atoms with Crippen molar-refractivity contribution in [2.75, 3.05) is 18.4 Å². The van der Waals surface area contributed by atoms with Crippen LogP contribution in [0.4, 0.5) is 5.69 Å². The van der Waals surface area contributed by atoms with Gasteiger partial charge >= 0.3 is 0 Å². The van der Waals surface area contributed by atoms with Crippen molar-refractivity contribution in [2.24, 2.45) is 11.7 Å². The highest BCUT2D eigenvalue weighted by Crippen LogP contribution is 2.22. The van der Waals surface area contributed by atoms with Gasteiger partial charge in [0.1, 0.15) is 0 Å². The van der Waals surface area contributed by atoms with Gasteiger partial charge in [0, 0.05) is 24.4 Å². The quantitative estimate of drug-likeness (QED) is 0.788. The van der Waals surface area contributed by atoms with Gasteiger partial charge in [-0.1, -0.05) is 31.2 Å². The number of nitrogens with one attached hydrogen (secondary N) is 1. The number of hydrogen-bond acceptors (Lipinski definition) is 3. The zero-order valence-corrected chi connectivity index (χ0v) is 14.5. The molecule has 1 fully saturated rings. The lowest BCUT2D eigenvalue weighted by atomic mass is 9.97. The second-order valence-electron chi connectivity index (χ2n) is 6.38. The Morgan fingerprint density at radius 2 is 2.12 bits per heavy atom. The second kappa shape index (κ2) is 8.64. The first-order valence-corrected chi connectivity index (χ1v) is 8.59. The van der Waals surface area contributed by atoms with E-state index >= 15 is 0 Å². The van der Waals surface area contributed by atoms with E-state index in [1.807, 2.05) is 44.2 Å². The van der Waals surface area contributed by atoms with Gasteiger partial charge in [-0.2, -0.15) is 0 Å². The summed E-state index contributed by atoms with van der Waals surface area (Å²) in [6, 6.07) is 7.82. The molecule has 24 heavy (non-hydrogen) atoms. The Bertz CT molecular complexity index is 625. The van der Waals surface area contributed by atoms with Crippen molar-refractivity contribution in [2.45, 2.75) is 39.7 Å². The van der Waals surface area contributed by atoms with E-state index in [9.17, 15) is 9.59 Å². The summed E-state index contributed by atoms with van der Waals surface area (Å²) in [5, 5.41) is 2.99. The summed E-state index contributed by atoms with van der Waals surface area (Å²) in [7, 11) is 0. The number of rotatable bonds is 6. The normalized spacial score (nSPS) is 19.1. The number of anilines is 1. The third-order valence-corrected chi connectivity index (χ3v) is 4.44. The molecule has 3 N–H and O–H groups in total. The predicted octanol–water partition coefficient (Wildman–Crippen LogP) is 2.68. The van der Waals surface area contributed by atoms with Crippen molar-refractivity contribution < 1.29 is 9.59 Å². The fourth-order valence-corrected chi connectivity index (χ4v) is 3.07. The highest BCUT2D eigenvalue weighted by molar-refractivity contribution is 6.03. The minimum absolute atomic E-state index is 0.0713. The summed E-state index contributed by atoms with van der Waals surface area (Å²) in [4.78, 5) is 25.9. The van der Waals surface area contributed by atoms with Crippen LogP contribution in [-0.2, 0) is 16.1 Å². The van der Waals surface area contributed by atoms with Crippen LogP contribution in [0.1, 0.15) is 38.7 Å². The van der Waals surface area contributed by atoms with Crippen LogP contribution in [0, 0.1) is 5.92 Å². The molecule has 2 amide bonds. The summed E-state index contributed by atoms with van der Waals surface area (Å²) < 4.78 is 0. The second-order valence-corrected chi connectivity index (χ2v) is 6.38. The number of para-hydroxylation sites is 1. The van der Waals surface area contributed by atoms with Crippen molar-refractivity contribution in [3.8, 4) is 0 Å². The Kier molecular flexibility index (Phi) is 6.55. The number of nitrogens with zero attached hydrogens (tertiary/aromatic N) is 1. The van der Waals surface area contributed by atoms with E-state index in [2.05, 4.69) is 10.2 Å². The van der Waals surface area contributed by atoms with Gasteiger partial charge in [-0.3, -0.25) is 14.5 Å². The molecule has 1 aliphatic rings. The smallest absolute Gasteiger partial charge is 0.250 e. The molecule has 1 aromatic carbocycles. The van der Waals surface area contributed by atoms with E-state index in [4.69, 9.17) is 5.73 Å². The van der Waals surface area contributed by atoms with Gasteiger partial charge in [0.2, 0.25) is 5.91 Å². The number of nitrogens with two attached hydrogens (primary N) is 1. The SMILES string of the molecule is CC/C=C(\C)C(=O)Nc1ccccc1CN1CCC[C@@H](C(N)=O)C1. The molecule has 130 valence electrons. The zero-order valence-electron chi connectivity index (χ0n) is 14.5. The van der Waals surface area contributed by atoms with E-state index in [1.165, 1.54) is 0 Å². The lowest BCUT2D eigenvalue weighted by molar-refractivity contribution is -0.123. The molecule has 1 heterocycles. The number of piperidine rings is 1. The first-order chi connectivity index (χ1) is 11.5. The van der Waals surface area contributed by atoms with Crippen molar-refractivity contribution in [1.82, 2.24) is 4.90 Å². The maximum atomic E-state index is 12.2. The van der Waals surface area contributed by atoms with Crippen LogP contribution in [0.2, 0.25) is 0 Å². The van der Waals surface area contributed by atoms with Crippen LogP contribution < -0.4 is 11.1 Å². The number of allylic oxidation sites excluding steroid dienone is 1. The van der Waals surface area contributed by atoms with Crippen molar-refractivity contribution >= 4 is 17.5 Å². The molecule has 5 heteroatoms. The van der Waals surface area contributed by atoms with Gasteiger partial charge in [-0.25, -0.2) is 0 Å². The summed E-state index contributed by atoms with van der Waals surface area (Å²) in [6.07, 6.45) is 4.59. The van der Waals surface area contributed by atoms with E-state index in [-0.39, 0.29) is 17.7 Å². The first-order valence-electron chi connectivity index (χ1n) is 8.59. The number of carbonyl (C=O) groups excluding carboxylic acids is 2. The van der Waals surface area contributed by atoms with Crippen molar-refractivity contribution in [3.05, 3.63) is 41.5 Å². The first kappa shape index (κ1) is 18.2. The third-order valence-electron chi connectivity index (χ3n) is 4.44. The summed E-state index contributed by atoms with van der Waals surface area (Å²) in [6.45, 7) is 6.17. The molecule has 1 atom stereocenters. The number of hydrogen-bond donors (Lipinski definition) is 2. The van der Waals surface area contributed by atoms with Crippen LogP contribution in [0.3, 0.4) is 0 Å². The predicted molar refractivity (Wildman–Crippen MR) is 96.3 cm³/mol. The monoisotopic (exact) mass is 329 g/mol. The third kappa shape index (κ3) is 4.93. The molecule has 0 spiro atoms. The molecule has 1 saturated heterocycles. The fraction of sp³-hybridized carbons (Fsp3) is 0.474. The van der Waals surface area contributed by atoms with Crippen LogP contribution in [-0.4, -0.2) is 29.8 Å². The highest BCUT2D eigenvalue weighted by atomic mass is 16.2. The molecule has 2 rings (SSSR count). The van der Waals surface area contributed by atoms with Gasteiger partial charge in [0.25, 0.3) is 5.91 Å². The van der Waals surface area contributed by atoms with Gasteiger partial charge in [0.15, 0.2) is 0 Å². The highest BCUT2D eigenvalue weighted by Gasteiger charge is 2.24. The van der Waals surface area contributed by atoms with Crippen molar-refractivity contribution in [3.63, 3.8) is 0 Å². The number of likely N-dealkylation sites (tertiary alicyclic amines) is 1. The zero-order chi connectivity index (χ0) is 17.5. The van der Waals surface area contributed by atoms with Crippen LogP contribution in [0.15, 0.2) is 35.9 Å². The van der Waals surface area contributed by atoms with Gasteiger partial charge < -0.3 is 11.1 Å². The number of benzene rings is 1. The maximum Gasteiger partial charge on any atom is 0.250 e. The fourth-order valence-electron chi connectivity index (χ4n) is 3.07. The van der Waals surface area contributed by atoms with Crippen LogP contribution >= 0.6 is 0 Å². The largest absolute Gasteiger partial charge is 0.369 e. The maximum absolute atomic E-state index is 12.2. The molecule has 0 aromatic heterocycles. The van der Waals surface area contributed by atoms with E-state index in [0.717, 1.165) is 42.6 Å². The van der Waals surface area contributed by atoms with Gasteiger partial charge in [-0.15, -0.1) is 0 Å². The van der Waals surface area contributed by atoms with Gasteiger partial charge in [0.05, 0.1) is 5.92 Å². The Morgan fingerprint density at radius 3 is 2.83 bits per heavy atom. The van der Waals surface area contributed by atoms with E-state index in [0.29, 0.717) is 13.1 Å². The Hall–Kier alpha value is -2.14. The molecule has 1 aromatic rings. The van der Waals surface area contributed by atoms with E-state index < -0.39 is 0 Å². The summed E-state index contributed by atoms with van der Waals surface area (Å²) in [5.74, 6) is -0.366. The molecule has 5 nitrogen and oxygen atoms in total. The Morgan fingerprint density at radius 1 is 1.38 bits per heavy atom. The van der Waals surface area contributed by atoms with Crippen LogP contribution in [0.5, 0.6) is 0 Å². The molecular weight excluding hydrogens is 302 g/mol. The minimum Gasteiger partial charge on any atom is -0.369 e. The molecular formula is C19H27N3O2. The van der Waals surface area contributed by atoms with Crippen molar-refractivity contribution in [1.29, 1.82) is 0 Å². The molecule has 0 saturated carbocycles. The summed E-state index contributed by atoms with van der Waals surface area (Å²) >= 11 is 0. The lowest BCUT2D eigenvalue weighted by Gasteiger charge is -2.31. The molecule has 0 unspecified atom stereocenters. The molecule has 0 aliphatic carbocycles. The Balaban J connectivity index is 2.07.